The van der Waals surface area contributed by atoms with E-state index in [0.29, 0.717) is 22.9 Å². The molecule has 0 unspecified atom stereocenters. The van der Waals surface area contributed by atoms with Gasteiger partial charge in [0.25, 0.3) is 0 Å². The molecule has 0 aliphatic heterocycles. The molecule has 4 rings (SSSR count). The van der Waals surface area contributed by atoms with Gasteiger partial charge in [0.05, 0.1) is 17.2 Å². The minimum absolute atomic E-state index is 0.0878. The third-order valence-electron chi connectivity index (χ3n) is 5.35. The summed E-state index contributed by atoms with van der Waals surface area (Å²) in [6.45, 7) is 6.83. The maximum atomic E-state index is 9.36. The Bertz CT molecular complexity index is 1310. The Labute approximate surface area is 192 Å². The molecule has 32 heavy (non-hydrogen) atoms. The summed E-state index contributed by atoms with van der Waals surface area (Å²) >= 11 is 6.29. The van der Waals surface area contributed by atoms with Gasteiger partial charge in [-0.3, -0.25) is 0 Å². The van der Waals surface area contributed by atoms with Gasteiger partial charge in [0.2, 0.25) is 0 Å². The van der Waals surface area contributed by atoms with Crippen LogP contribution in [0.25, 0.3) is 28.0 Å². The Morgan fingerprint density at radius 3 is 2.66 bits per heavy atom. The minimum atomic E-state index is -0.0878. The van der Waals surface area contributed by atoms with Crippen LogP contribution in [0.15, 0.2) is 48.7 Å². The molecule has 0 saturated heterocycles. The molecule has 0 fully saturated rings. The van der Waals surface area contributed by atoms with E-state index in [4.69, 9.17) is 21.7 Å². The predicted octanol–water partition coefficient (Wildman–Crippen LogP) is 4.70. The van der Waals surface area contributed by atoms with Crippen molar-refractivity contribution in [3.8, 4) is 28.5 Å². The number of fused-ring (bicyclic) bond motifs is 1. The molecule has 0 aliphatic rings. The summed E-state index contributed by atoms with van der Waals surface area (Å²) in [6.07, 6.45) is 1.88. The van der Waals surface area contributed by atoms with E-state index >= 15 is 0 Å². The van der Waals surface area contributed by atoms with Gasteiger partial charge < -0.3 is 10.6 Å². The molecule has 2 N–H and O–H groups in total. The molecule has 0 radical (unpaired) electrons. The number of aryl methyl sites for hydroxylation is 1. The number of rotatable bonds is 6. The van der Waals surface area contributed by atoms with Gasteiger partial charge in [-0.05, 0) is 63.7 Å². The molecule has 0 saturated carbocycles. The maximum Gasteiger partial charge on any atom is 0.165 e. The quantitative estimate of drug-likeness (QED) is 0.418. The maximum absolute atomic E-state index is 9.36. The molecule has 0 amide bonds. The first-order valence-corrected chi connectivity index (χ1v) is 10.6. The highest BCUT2D eigenvalue weighted by atomic mass is 35.5. The van der Waals surface area contributed by atoms with Crippen LogP contribution in [0.3, 0.4) is 0 Å². The Hall–Kier alpha value is -3.47. The summed E-state index contributed by atoms with van der Waals surface area (Å²) in [4.78, 5) is 9.16. The number of anilines is 1. The molecule has 1 aromatic carbocycles. The lowest BCUT2D eigenvalue weighted by molar-refractivity contribution is 0.448. The number of pyridine rings is 1. The van der Waals surface area contributed by atoms with Crippen LogP contribution in [0, 0.1) is 18.3 Å². The first-order chi connectivity index (χ1) is 15.3. The summed E-state index contributed by atoms with van der Waals surface area (Å²) in [5.41, 5.74) is 5.24. The van der Waals surface area contributed by atoms with Gasteiger partial charge in [0.15, 0.2) is 5.65 Å². The van der Waals surface area contributed by atoms with E-state index in [0.717, 1.165) is 33.9 Å². The van der Waals surface area contributed by atoms with E-state index in [2.05, 4.69) is 35.5 Å². The lowest BCUT2D eigenvalue weighted by Gasteiger charge is -2.24. The van der Waals surface area contributed by atoms with Crippen LogP contribution in [-0.2, 0) is 0 Å². The number of likely N-dealkylation sites (N-methyl/N-ethyl adjacent to an activating group) is 1. The van der Waals surface area contributed by atoms with Gasteiger partial charge in [-0.2, -0.15) is 10.4 Å². The fraction of sp³-hybridized carbons (Fsp3) is 0.250. The van der Waals surface area contributed by atoms with E-state index in [9.17, 15) is 5.26 Å². The second kappa shape index (κ2) is 8.58. The fourth-order valence-electron chi connectivity index (χ4n) is 3.40. The van der Waals surface area contributed by atoms with E-state index in [1.165, 1.54) is 0 Å². The molecule has 3 heterocycles. The lowest BCUT2D eigenvalue weighted by atomic mass is 10.00. The Balaban J connectivity index is 1.92. The highest BCUT2D eigenvalue weighted by molar-refractivity contribution is 6.29. The van der Waals surface area contributed by atoms with Gasteiger partial charge in [0, 0.05) is 29.5 Å². The van der Waals surface area contributed by atoms with Crippen molar-refractivity contribution >= 4 is 23.1 Å². The molecule has 162 valence electrons. The summed E-state index contributed by atoms with van der Waals surface area (Å²) in [7, 11) is 1.94. The zero-order chi connectivity index (χ0) is 22.9. The Morgan fingerprint density at radius 2 is 1.94 bits per heavy atom. The third kappa shape index (κ3) is 4.42. The van der Waals surface area contributed by atoms with Crippen molar-refractivity contribution in [2.24, 2.45) is 0 Å². The molecular formula is C24H24ClN7. The van der Waals surface area contributed by atoms with E-state index < -0.39 is 0 Å². The van der Waals surface area contributed by atoms with Crippen molar-refractivity contribution < 1.29 is 0 Å². The highest BCUT2D eigenvalue weighted by Gasteiger charge is 2.20. The second-order valence-electron chi connectivity index (χ2n) is 8.30. The number of aromatic nitrogens is 4. The Morgan fingerprint density at radius 1 is 1.12 bits per heavy atom. The van der Waals surface area contributed by atoms with Crippen molar-refractivity contribution in [2.45, 2.75) is 26.3 Å². The summed E-state index contributed by atoms with van der Waals surface area (Å²) < 4.78 is 1.75. The normalized spacial score (nSPS) is 11.5. The number of hydrogen-bond donors (Lipinski definition) is 2. The smallest absolute Gasteiger partial charge is 0.165 e. The zero-order valence-corrected chi connectivity index (χ0v) is 19.2. The molecule has 3 aromatic heterocycles. The SMILES string of the molecule is CNC(C)(C)CNc1ccn2nc(-c3cccc(C#N)c3)c(-c3cc(C)nc(Cl)c3)c2n1. The van der Waals surface area contributed by atoms with Crippen LogP contribution in [-0.4, -0.2) is 38.7 Å². The number of halogens is 1. The summed E-state index contributed by atoms with van der Waals surface area (Å²) in [5, 5.41) is 21.2. The van der Waals surface area contributed by atoms with Crippen LogP contribution in [0.5, 0.6) is 0 Å². The van der Waals surface area contributed by atoms with E-state index in [-0.39, 0.29) is 5.54 Å². The number of nitrogens with one attached hydrogen (secondary N) is 2. The molecule has 0 bridgehead atoms. The van der Waals surface area contributed by atoms with Gasteiger partial charge in [0.1, 0.15) is 16.7 Å². The van der Waals surface area contributed by atoms with Crippen molar-refractivity contribution in [2.75, 3.05) is 18.9 Å². The van der Waals surface area contributed by atoms with Gasteiger partial charge in [-0.1, -0.05) is 23.7 Å². The minimum Gasteiger partial charge on any atom is -0.368 e. The fourth-order valence-corrected chi connectivity index (χ4v) is 3.65. The average Bonchev–Trinajstić information content (AvgIpc) is 3.16. The topological polar surface area (TPSA) is 90.9 Å². The van der Waals surface area contributed by atoms with Crippen LogP contribution >= 0.6 is 11.6 Å². The molecule has 0 aliphatic carbocycles. The van der Waals surface area contributed by atoms with Crippen LogP contribution in [0.4, 0.5) is 5.82 Å². The lowest BCUT2D eigenvalue weighted by Crippen LogP contribution is -2.42. The number of nitriles is 1. The molecule has 8 heteroatoms. The van der Waals surface area contributed by atoms with Crippen molar-refractivity contribution in [3.63, 3.8) is 0 Å². The summed E-state index contributed by atoms with van der Waals surface area (Å²) in [5.74, 6) is 0.746. The average molecular weight is 446 g/mol. The van der Waals surface area contributed by atoms with Crippen molar-refractivity contribution in [3.05, 3.63) is 65.1 Å². The zero-order valence-electron chi connectivity index (χ0n) is 18.4. The van der Waals surface area contributed by atoms with Gasteiger partial charge in [-0.15, -0.1) is 0 Å². The number of nitrogens with zero attached hydrogens (tertiary/aromatic N) is 5. The van der Waals surface area contributed by atoms with Crippen LogP contribution in [0.1, 0.15) is 25.1 Å². The van der Waals surface area contributed by atoms with Crippen LogP contribution in [0.2, 0.25) is 5.15 Å². The standard InChI is InChI=1S/C24H24ClN7/c1-15-10-18(12-19(25)29-15)21-22(17-7-5-6-16(11-17)13-26)31-32-9-8-20(30-23(21)32)28-14-24(2,3)27-4/h5-12,27H,14H2,1-4H3,(H,28,30). The third-order valence-corrected chi connectivity index (χ3v) is 5.54. The molecule has 0 atom stereocenters. The first-order valence-electron chi connectivity index (χ1n) is 10.3. The van der Waals surface area contributed by atoms with E-state index in [1.807, 2.05) is 56.6 Å². The predicted molar refractivity (Wildman–Crippen MR) is 128 cm³/mol. The second-order valence-corrected chi connectivity index (χ2v) is 8.69. The molecule has 7 nitrogen and oxygen atoms in total. The highest BCUT2D eigenvalue weighted by Crippen LogP contribution is 2.36. The Kier molecular flexibility index (Phi) is 5.83. The molecular weight excluding hydrogens is 422 g/mol. The van der Waals surface area contributed by atoms with E-state index in [1.54, 1.807) is 10.6 Å². The van der Waals surface area contributed by atoms with Crippen LogP contribution < -0.4 is 10.6 Å². The van der Waals surface area contributed by atoms with Gasteiger partial charge in [-0.25, -0.2) is 14.5 Å². The van der Waals surface area contributed by atoms with Crippen molar-refractivity contribution in [1.29, 1.82) is 5.26 Å². The summed E-state index contributed by atoms with van der Waals surface area (Å²) in [6, 6.07) is 15.3. The largest absolute Gasteiger partial charge is 0.368 e. The molecule has 4 aromatic rings. The first kappa shape index (κ1) is 21.8. The van der Waals surface area contributed by atoms with Crippen molar-refractivity contribution in [1.82, 2.24) is 24.9 Å². The molecule has 0 spiro atoms. The monoisotopic (exact) mass is 445 g/mol. The number of hydrogen-bond acceptors (Lipinski definition) is 6. The van der Waals surface area contributed by atoms with Gasteiger partial charge >= 0.3 is 0 Å². The number of benzene rings is 1.